The zero-order chi connectivity index (χ0) is 19.2. The van der Waals surface area contributed by atoms with E-state index in [9.17, 15) is 5.11 Å². The Labute approximate surface area is 167 Å². The zero-order valence-corrected chi connectivity index (χ0v) is 16.3. The first kappa shape index (κ1) is 18.8. The summed E-state index contributed by atoms with van der Waals surface area (Å²) in [7, 11) is 0. The molecule has 28 heavy (non-hydrogen) atoms. The summed E-state index contributed by atoms with van der Waals surface area (Å²) in [5, 5.41) is 9.38. The lowest BCUT2D eigenvalue weighted by atomic mass is 9.81. The number of benzene rings is 3. The fourth-order valence-corrected chi connectivity index (χ4v) is 4.29. The second kappa shape index (κ2) is 9.07. The first-order valence-electron chi connectivity index (χ1n) is 10.4. The minimum atomic E-state index is 0.00678. The number of aliphatic hydroxyl groups is 1. The number of aliphatic hydroxyl groups excluding tert-OH is 1. The Morgan fingerprint density at radius 2 is 1.29 bits per heavy atom. The minimum absolute atomic E-state index is 0.00678. The van der Waals surface area contributed by atoms with Gasteiger partial charge in [0.05, 0.1) is 6.61 Å². The van der Waals surface area contributed by atoms with Crippen molar-refractivity contribution in [1.29, 1.82) is 0 Å². The quantitative estimate of drug-likeness (QED) is 0.539. The normalized spacial score (nSPS) is 14.8. The Kier molecular flexibility index (Phi) is 6.08. The summed E-state index contributed by atoms with van der Waals surface area (Å²) >= 11 is 0. The first-order valence-corrected chi connectivity index (χ1v) is 10.4. The van der Waals surface area contributed by atoms with Gasteiger partial charge >= 0.3 is 0 Å². The second-order valence-corrected chi connectivity index (χ2v) is 7.58. The van der Waals surface area contributed by atoms with E-state index >= 15 is 0 Å². The van der Waals surface area contributed by atoms with Crippen molar-refractivity contribution in [2.24, 2.45) is 0 Å². The molecule has 0 spiro atoms. The van der Waals surface area contributed by atoms with Crippen LogP contribution in [0, 0.1) is 0 Å². The van der Waals surface area contributed by atoms with E-state index in [1.54, 1.807) is 0 Å². The van der Waals surface area contributed by atoms with E-state index in [1.807, 2.05) is 12.1 Å². The number of hydrogen-bond acceptors (Lipinski definition) is 2. The van der Waals surface area contributed by atoms with E-state index in [0.717, 1.165) is 28.0 Å². The van der Waals surface area contributed by atoms with Crippen LogP contribution in [-0.2, 0) is 0 Å². The second-order valence-electron chi connectivity index (χ2n) is 7.58. The van der Waals surface area contributed by atoms with Crippen molar-refractivity contribution in [3.63, 3.8) is 0 Å². The third kappa shape index (κ3) is 4.13. The summed E-state index contributed by atoms with van der Waals surface area (Å²) in [6, 6.07) is 25.6. The molecule has 0 unspecified atom stereocenters. The topological polar surface area (TPSA) is 29.5 Å². The summed E-state index contributed by atoms with van der Waals surface area (Å²) in [4.78, 5) is 0. The van der Waals surface area contributed by atoms with Crippen molar-refractivity contribution >= 4 is 0 Å². The number of ether oxygens (including phenoxy) is 1. The van der Waals surface area contributed by atoms with Gasteiger partial charge in [0.25, 0.3) is 0 Å². The van der Waals surface area contributed by atoms with Crippen molar-refractivity contribution in [1.82, 2.24) is 0 Å². The summed E-state index contributed by atoms with van der Waals surface area (Å²) in [6.07, 6.45) is 6.51. The Morgan fingerprint density at radius 3 is 1.79 bits per heavy atom. The van der Waals surface area contributed by atoms with Gasteiger partial charge in [0.2, 0.25) is 0 Å². The number of hydrogen-bond donors (Lipinski definition) is 1. The van der Waals surface area contributed by atoms with Crippen LogP contribution in [0.1, 0.15) is 43.6 Å². The molecule has 0 amide bonds. The van der Waals surface area contributed by atoms with E-state index in [4.69, 9.17) is 4.74 Å². The van der Waals surface area contributed by atoms with Gasteiger partial charge in [-0.25, -0.2) is 0 Å². The van der Waals surface area contributed by atoms with E-state index in [1.165, 1.54) is 37.7 Å². The Morgan fingerprint density at radius 1 is 0.750 bits per heavy atom. The molecule has 0 atom stereocenters. The van der Waals surface area contributed by atoms with Crippen molar-refractivity contribution in [2.75, 3.05) is 13.2 Å². The molecule has 0 bridgehead atoms. The molecule has 2 nitrogen and oxygen atoms in total. The van der Waals surface area contributed by atoms with Crippen molar-refractivity contribution in [3.8, 4) is 28.0 Å². The van der Waals surface area contributed by atoms with Gasteiger partial charge in [-0.2, -0.15) is 0 Å². The van der Waals surface area contributed by atoms with Gasteiger partial charge in [-0.15, -0.1) is 0 Å². The van der Waals surface area contributed by atoms with E-state index < -0.39 is 0 Å². The van der Waals surface area contributed by atoms with Crippen LogP contribution in [0.3, 0.4) is 0 Å². The van der Waals surface area contributed by atoms with E-state index in [0.29, 0.717) is 12.5 Å². The highest BCUT2D eigenvalue weighted by Crippen LogP contribution is 2.44. The molecule has 4 rings (SSSR count). The minimum Gasteiger partial charge on any atom is -0.490 e. The standard InChI is InChI=1S/C26H28O2/c27-16-17-28-26-24(21-12-6-2-7-13-21)18-23(20-10-4-1-5-11-20)19-25(26)22-14-8-3-9-15-22/h2-3,6-9,12-15,18-20,27H,1,4-5,10-11,16-17H2. The van der Waals surface area contributed by atoms with Gasteiger partial charge < -0.3 is 9.84 Å². The maximum Gasteiger partial charge on any atom is 0.135 e. The smallest absolute Gasteiger partial charge is 0.135 e. The average molecular weight is 373 g/mol. The Balaban J connectivity index is 1.90. The SMILES string of the molecule is OCCOc1c(-c2ccccc2)cc(C2CCCCC2)cc1-c1ccccc1. The van der Waals surface area contributed by atoms with E-state index in [-0.39, 0.29) is 6.61 Å². The van der Waals surface area contributed by atoms with E-state index in [2.05, 4.69) is 60.7 Å². The van der Waals surface area contributed by atoms with Crippen LogP contribution in [0.2, 0.25) is 0 Å². The molecule has 1 aliphatic rings. The molecule has 0 saturated heterocycles. The predicted molar refractivity (Wildman–Crippen MR) is 116 cm³/mol. The zero-order valence-electron chi connectivity index (χ0n) is 16.3. The van der Waals surface area contributed by atoms with Crippen LogP contribution in [-0.4, -0.2) is 18.3 Å². The van der Waals surface area contributed by atoms with Gasteiger partial charge in [0.15, 0.2) is 0 Å². The van der Waals surface area contributed by atoms with Gasteiger partial charge in [0, 0.05) is 11.1 Å². The van der Waals surface area contributed by atoms with Gasteiger partial charge in [0.1, 0.15) is 12.4 Å². The van der Waals surface area contributed by atoms with Crippen LogP contribution < -0.4 is 4.74 Å². The first-order chi connectivity index (χ1) is 13.9. The molecule has 1 N–H and O–H groups in total. The molecule has 3 aromatic rings. The summed E-state index contributed by atoms with van der Waals surface area (Å²) in [5.74, 6) is 1.48. The molecule has 0 aliphatic heterocycles. The third-order valence-electron chi connectivity index (χ3n) is 5.70. The fraction of sp³-hybridized carbons (Fsp3) is 0.308. The molecule has 144 valence electrons. The molecule has 1 fully saturated rings. The molecule has 0 heterocycles. The highest BCUT2D eigenvalue weighted by molar-refractivity contribution is 5.83. The Hall–Kier alpha value is -2.58. The maximum absolute atomic E-state index is 9.38. The lowest BCUT2D eigenvalue weighted by molar-refractivity contribution is 0.202. The van der Waals surface area contributed by atoms with Crippen LogP contribution in [0.4, 0.5) is 0 Å². The lowest BCUT2D eigenvalue weighted by Crippen LogP contribution is -2.08. The highest BCUT2D eigenvalue weighted by Gasteiger charge is 2.21. The highest BCUT2D eigenvalue weighted by atomic mass is 16.5. The molecule has 1 saturated carbocycles. The summed E-state index contributed by atoms with van der Waals surface area (Å²) < 4.78 is 6.12. The van der Waals surface area contributed by atoms with Crippen LogP contribution in [0.15, 0.2) is 72.8 Å². The molecule has 1 aliphatic carbocycles. The third-order valence-corrected chi connectivity index (χ3v) is 5.70. The van der Waals surface area contributed by atoms with Crippen molar-refractivity contribution in [2.45, 2.75) is 38.0 Å². The largest absolute Gasteiger partial charge is 0.490 e. The fourth-order valence-electron chi connectivity index (χ4n) is 4.29. The van der Waals surface area contributed by atoms with Crippen LogP contribution in [0.25, 0.3) is 22.3 Å². The van der Waals surface area contributed by atoms with Crippen LogP contribution >= 0.6 is 0 Å². The van der Waals surface area contributed by atoms with Gasteiger partial charge in [-0.3, -0.25) is 0 Å². The lowest BCUT2D eigenvalue weighted by Gasteiger charge is -2.25. The molecule has 3 aromatic carbocycles. The average Bonchev–Trinajstić information content (AvgIpc) is 2.79. The van der Waals surface area contributed by atoms with Gasteiger partial charge in [-0.05, 0) is 47.6 Å². The summed E-state index contributed by atoms with van der Waals surface area (Å²) in [6.45, 7) is 0.301. The summed E-state index contributed by atoms with van der Waals surface area (Å²) in [5.41, 5.74) is 5.97. The Bertz CT molecular complexity index is 820. The molecule has 0 aromatic heterocycles. The molecular formula is C26H28O2. The van der Waals surface area contributed by atoms with Crippen LogP contribution in [0.5, 0.6) is 5.75 Å². The van der Waals surface area contributed by atoms with Crippen molar-refractivity contribution < 1.29 is 9.84 Å². The van der Waals surface area contributed by atoms with Crippen molar-refractivity contribution in [3.05, 3.63) is 78.4 Å². The maximum atomic E-state index is 9.38. The molecule has 0 radical (unpaired) electrons. The molecule has 2 heteroatoms. The van der Waals surface area contributed by atoms with Gasteiger partial charge in [-0.1, -0.05) is 79.9 Å². The monoisotopic (exact) mass is 372 g/mol. The number of rotatable bonds is 6. The molecular weight excluding hydrogens is 344 g/mol. The predicted octanol–water partition coefficient (Wildman–Crippen LogP) is 6.44.